The maximum Gasteiger partial charge on any atom is 0.191 e. The summed E-state index contributed by atoms with van der Waals surface area (Å²) >= 11 is 0. The van der Waals surface area contributed by atoms with Gasteiger partial charge in [-0.25, -0.2) is 8.78 Å². The van der Waals surface area contributed by atoms with Crippen LogP contribution in [0.15, 0.2) is 23.2 Å². The van der Waals surface area contributed by atoms with Crippen molar-refractivity contribution < 1.29 is 8.78 Å². The second-order valence-corrected chi connectivity index (χ2v) is 8.25. The molecule has 2 N–H and O–H groups in total. The van der Waals surface area contributed by atoms with Crippen molar-refractivity contribution in [3.8, 4) is 0 Å². The van der Waals surface area contributed by atoms with Gasteiger partial charge in [-0.2, -0.15) is 0 Å². The number of benzene rings is 1. The van der Waals surface area contributed by atoms with Crippen molar-refractivity contribution in [2.24, 2.45) is 10.9 Å². The Hall–Kier alpha value is -1.16. The normalized spacial score (nSPS) is 25.2. The standard InChI is InChI=1S/C21H31F2N5.HI/c1-2-24-21(25-12-15-8-10-27(13-15)17-6-7-17)26-16-9-11-28(14-16)20-18(22)4-3-5-19(20)23;/h3-5,15-17H,2,6-14H2,1H3,(H2,24,25,26);1H. The highest BCUT2D eigenvalue weighted by Crippen LogP contribution is 2.31. The van der Waals surface area contributed by atoms with E-state index in [4.69, 9.17) is 4.99 Å². The fourth-order valence-electron chi connectivity index (χ4n) is 4.39. The zero-order valence-electron chi connectivity index (χ0n) is 17.0. The zero-order valence-corrected chi connectivity index (χ0v) is 19.4. The van der Waals surface area contributed by atoms with Crippen LogP contribution in [-0.2, 0) is 0 Å². The molecule has 4 rings (SSSR count). The summed E-state index contributed by atoms with van der Waals surface area (Å²) in [6.45, 7) is 7.25. The maximum absolute atomic E-state index is 14.1. The summed E-state index contributed by atoms with van der Waals surface area (Å²) in [5.41, 5.74) is 0.0832. The largest absolute Gasteiger partial charge is 0.365 e. The van der Waals surface area contributed by atoms with E-state index in [1.54, 1.807) is 4.90 Å². The number of halogens is 3. The minimum absolute atomic E-state index is 0. The van der Waals surface area contributed by atoms with E-state index in [1.165, 1.54) is 44.0 Å². The van der Waals surface area contributed by atoms with Crippen molar-refractivity contribution in [3.63, 3.8) is 0 Å². The number of rotatable bonds is 6. The zero-order chi connectivity index (χ0) is 19.5. The molecule has 2 unspecified atom stereocenters. The van der Waals surface area contributed by atoms with Crippen LogP contribution in [0, 0.1) is 17.6 Å². The van der Waals surface area contributed by atoms with Gasteiger partial charge in [0.15, 0.2) is 5.96 Å². The average molecular weight is 519 g/mol. The monoisotopic (exact) mass is 519 g/mol. The summed E-state index contributed by atoms with van der Waals surface area (Å²) in [4.78, 5) is 9.20. The molecule has 1 aliphatic carbocycles. The van der Waals surface area contributed by atoms with Crippen molar-refractivity contribution >= 4 is 35.6 Å². The molecule has 0 spiro atoms. The van der Waals surface area contributed by atoms with E-state index in [-0.39, 0.29) is 35.7 Å². The van der Waals surface area contributed by atoms with Crippen LogP contribution in [0.1, 0.15) is 32.6 Å². The van der Waals surface area contributed by atoms with Gasteiger partial charge in [0.25, 0.3) is 0 Å². The first kappa shape index (κ1) is 22.5. The van der Waals surface area contributed by atoms with E-state index in [0.717, 1.165) is 38.1 Å². The number of guanidine groups is 1. The van der Waals surface area contributed by atoms with Gasteiger partial charge < -0.3 is 20.4 Å². The molecule has 0 radical (unpaired) electrons. The molecule has 1 aromatic rings. The molecular formula is C21H32F2IN5. The Labute approximate surface area is 189 Å². The Bertz CT molecular complexity index is 692. The highest BCUT2D eigenvalue weighted by molar-refractivity contribution is 14.0. The number of hydrogen-bond donors (Lipinski definition) is 2. The minimum atomic E-state index is -0.498. The topological polar surface area (TPSA) is 42.9 Å². The molecule has 1 saturated carbocycles. The molecule has 5 nitrogen and oxygen atoms in total. The maximum atomic E-state index is 14.1. The number of nitrogens with zero attached hydrogens (tertiary/aromatic N) is 3. The predicted octanol–water partition coefficient (Wildman–Crippen LogP) is 3.20. The van der Waals surface area contributed by atoms with E-state index in [9.17, 15) is 8.78 Å². The quantitative estimate of drug-likeness (QED) is 0.344. The van der Waals surface area contributed by atoms with Gasteiger partial charge in [-0.1, -0.05) is 6.07 Å². The second kappa shape index (κ2) is 10.2. The van der Waals surface area contributed by atoms with Crippen LogP contribution in [0.25, 0.3) is 0 Å². The summed E-state index contributed by atoms with van der Waals surface area (Å²) in [6.07, 6.45) is 4.78. The SMILES string of the molecule is CCNC(=NCC1CCN(C2CC2)C1)NC1CCN(c2c(F)cccc2F)C1.I. The molecule has 1 aromatic carbocycles. The first-order valence-electron chi connectivity index (χ1n) is 10.6. The lowest BCUT2D eigenvalue weighted by atomic mass is 10.1. The Morgan fingerprint density at radius 1 is 1.10 bits per heavy atom. The Morgan fingerprint density at radius 2 is 1.86 bits per heavy atom. The lowest BCUT2D eigenvalue weighted by Crippen LogP contribution is -2.45. The van der Waals surface area contributed by atoms with E-state index in [2.05, 4.69) is 22.5 Å². The lowest BCUT2D eigenvalue weighted by Gasteiger charge is -2.21. The van der Waals surface area contributed by atoms with Gasteiger partial charge in [0.2, 0.25) is 0 Å². The predicted molar refractivity (Wildman–Crippen MR) is 124 cm³/mol. The van der Waals surface area contributed by atoms with Crippen LogP contribution >= 0.6 is 24.0 Å². The molecular weight excluding hydrogens is 487 g/mol. The van der Waals surface area contributed by atoms with Crippen LogP contribution in [0.3, 0.4) is 0 Å². The Kier molecular flexibility index (Phi) is 7.95. The van der Waals surface area contributed by atoms with Crippen LogP contribution in [-0.4, -0.2) is 62.2 Å². The third-order valence-corrected chi connectivity index (χ3v) is 6.02. The molecule has 162 valence electrons. The van der Waals surface area contributed by atoms with Gasteiger partial charge in [-0.3, -0.25) is 4.99 Å². The Morgan fingerprint density at radius 3 is 2.55 bits per heavy atom. The van der Waals surface area contributed by atoms with E-state index >= 15 is 0 Å². The Balaban J connectivity index is 0.00000240. The van der Waals surface area contributed by atoms with E-state index < -0.39 is 11.6 Å². The molecule has 2 heterocycles. The smallest absolute Gasteiger partial charge is 0.191 e. The highest BCUT2D eigenvalue weighted by atomic mass is 127. The first-order chi connectivity index (χ1) is 13.6. The first-order valence-corrected chi connectivity index (χ1v) is 10.6. The van der Waals surface area contributed by atoms with Crippen molar-refractivity contribution in [3.05, 3.63) is 29.8 Å². The van der Waals surface area contributed by atoms with Crippen molar-refractivity contribution in [2.45, 2.75) is 44.7 Å². The molecule has 2 saturated heterocycles. The molecule has 2 atom stereocenters. The summed E-state index contributed by atoms with van der Waals surface area (Å²) in [5, 5.41) is 6.78. The van der Waals surface area contributed by atoms with E-state index in [0.29, 0.717) is 19.0 Å². The summed E-state index contributed by atoms with van der Waals surface area (Å²) in [6, 6.07) is 5.00. The van der Waals surface area contributed by atoms with Crippen molar-refractivity contribution in [2.75, 3.05) is 44.2 Å². The summed E-state index contributed by atoms with van der Waals surface area (Å²) in [5.74, 6) is 0.446. The van der Waals surface area contributed by atoms with Crippen LogP contribution in [0.2, 0.25) is 0 Å². The fourth-order valence-corrected chi connectivity index (χ4v) is 4.39. The van der Waals surface area contributed by atoms with Gasteiger partial charge in [-0.05, 0) is 57.2 Å². The number of hydrogen-bond acceptors (Lipinski definition) is 3. The number of likely N-dealkylation sites (tertiary alicyclic amines) is 1. The van der Waals surface area contributed by atoms with Crippen LogP contribution in [0.4, 0.5) is 14.5 Å². The van der Waals surface area contributed by atoms with Crippen LogP contribution < -0.4 is 15.5 Å². The summed E-state index contributed by atoms with van der Waals surface area (Å²) in [7, 11) is 0. The second-order valence-electron chi connectivity index (χ2n) is 8.25. The van der Waals surface area contributed by atoms with Crippen molar-refractivity contribution in [1.29, 1.82) is 0 Å². The van der Waals surface area contributed by atoms with Crippen molar-refractivity contribution in [1.82, 2.24) is 15.5 Å². The molecule has 2 aliphatic heterocycles. The van der Waals surface area contributed by atoms with Gasteiger partial charge in [0, 0.05) is 44.8 Å². The molecule has 0 amide bonds. The average Bonchev–Trinajstić information content (AvgIpc) is 3.24. The van der Waals surface area contributed by atoms with Crippen LogP contribution in [0.5, 0.6) is 0 Å². The minimum Gasteiger partial charge on any atom is -0.365 e. The third-order valence-electron chi connectivity index (χ3n) is 6.02. The highest BCUT2D eigenvalue weighted by Gasteiger charge is 2.34. The van der Waals surface area contributed by atoms with E-state index in [1.807, 2.05) is 0 Å². The number of para-hydroxylation sites is 1. The molecule has 0 aromatic heterocycles. The number of aliphatic imine (C=N–C) groups is 1. The fraction of sp³-hybridized carbons (Fsp3) is 0.667. The molecule has 0 bridgehead atoms. The van der Waals surface area contributed by atoms with Gasteiger partial charge in [-0.15, -0.1) is 24.0 Å². The molecule has 3 fully saturated rings. The summed E-state index contributed by atoms with van der Waals surface area (Å²) < 4.78 is 28.1. The van der Waals surface area contributed by atoms with Gasteiger partial charge in [0.05, 0.1) is 0 Å². The molecule has 8 heteroatoms. The third kappa shape index (κ3) is 5.71. The molecule has 3 aliphatic rings. The lowest BCUT2D eigenvalue weighted by molar-refractivity contribution is 0.315. The van der Waals surface area contributed by atoms with Gasteiger partial charge in [0.1, 0.15) is 17.3 Å². The van der Waals surface area contributed by atoms with Gasteiger partial charge >= 0.3 is 0 Å². The number of anilines is 1. The molecule has 29 heavy (non-hydrogen) atoms. The number of nitrogens with one attached hydrogen (secondary N) is 2.